The Kier molecular flexibility index (Phi) is 10.6. The SMILES string of the molecule is CCC(COC(=O)c1cc(OC)c(OC)c(OC)c1)(NCC(=O)OCc1ccc(OC)cc1)c1ccccc1. The van der Waals surface area contributed by atoms with Gasteiger partial charge in [-0.2, -0.15) is 0 Å². The fourth-order valence-electron chi connectivity index (χ4n) is 4.07. The number of carbonyl (C=O) groups excluding carboxylic acids is 2. The van der Waals surface area contributed by atoms with E-state index in [0.29, 0.717) is 23.7 Å². The van der Waals surface area contributed by atoms with Gasteiger partial charge in [-0.1, -0.05) is 49.4 Å². The Labute approximate surface area is 228 Å². The monoisotopic (exact) mass is 537 g/mol. The van der Waals surface area contributed by atoms with Gasteiger partial charge >= 0.3 is 11.9 Å². The lowest BCUT2D eigenvalue weighted by Crippen LogP contribution is -2.48. The Morgan fingerprint density at radius 2 is 1.44 bits per heavy atom. The molecule has 0 bridgehead atoms. The van der Waals surface area contributed by atoms with Gasteiger partial charge in [0.25, 0.3) is 0 Å². The molecule has 3 aromatic carbocycles. The number of rotatable bonds is 14. The van der Waals surface area contributed by atoms with Crippen LogP contribution in [0.1, 0.15) is 34.8 Å². The summed E-state index contributed by atoms with van der Waals surface area (Å²) < 4.78 is 32.4. The highest BCUT2D eigenvalue weighted by atomic mass is 16.5. The van der Waals surface area contributed by atoms with Crippen molar-refractivity contribution < 1.29 is 38.0 Å². The van der Waals surface area contributed by atoms with Crippen molar-refractivity contribution in [1.29, 1.82) is 0 Å². The minimum Gasteiger partial charge on any atom is -0.497 e. The molecule has 0 spiro atoms. The van der Waals surface area contributed by atoms with Crippen LogP contribution >= 0.6 is 0 Å². The van der Waals surface area contributed by atoms with Crippen LogP contribution in [0.3, 0.4) is 0 Å². The molecule has 0 aromatic heterocycles. The summed E-state index contributed by atoms with van der Waals surface area (Å²) in [4.78, 5) is 25.8. The van der Waals surface area contributed by atoms with Gasteiger partial charge in [-0.15, -0.1) is 0 Å². The van der Waals surface area contributed by atoms with E-state index in [1.54, 1.807) is 19.2 Å². The summed E-state index contributed by atoms with van der Waals surface area (Å²) in [5.41, 5.74) is 1.11. The molecule has 0 radical (unpaired) electrons. The molecule has 9 heteroatoms. The van der Waals surface area contributed by atoms with E-state index in [9.17, 15) is 9.59 Å². The molecule has 0 fully saturated rings. The number of ether oxygens (including phenoxy) is 6. The maximum atomic E-state index is 13.1. The van der Waals surface area contributed by atoms with Crippen LogP contribution in [0, 0.1) is 0 Å². The summed E-state index contributed by atoms with van der Waals surface area (Å²) in [6.07, 6.45) is 0.533. The van der Waals surface area contributed by atoms with Gasteiger partial charge in [0, 0.05) is 0 Å². The second-order valence-electron chi connectivity index (χ2n) is 8.65. The van der Waals surface area contributed by atoms with Crippen LogP contribution in [0.25, 0.3) is 0 Å². The zero-order valence-corrected chi connectivity index (χ0v) is 22.9. The van der Waals surface area contributed by atoms with Crippen molar-refractivity contribution in [3.63, 3.8) is 0 Å². The first-order valence-corrected chi connectivity index (χ1v) is 12.5. The molecular weight excluding hydrogens is 502 g/mol. The quantitative estimate of drug-likeness (QED) is 0.298. The molecule has 3 rings (SSSR count). The van der Waals surface area contributed by atoms with Gasteiger partial charge in [-0.05, 0) is 41.8 Å². The van der Waals surface area contributed by atoms with Crippen molar-refractivity contribution in [2.24, 2.45) is 0 Å². The van der Waals surface area contributed by atoms with Crippen molar-refractivity contribution in [3.8, 4) is 23.0 Å². The molecule has 0 aliphatic rings. The standard InChI is InChI=1S/C30H35NO8/c1-6-30(23-10-8-7-9-11-23,31-18-27(32)38-19-21-12-14-24(34-2)15-13-21)20-39-29(33)22-16-25(35-3)28(37-5)26(17-22)36-4/h7-17,31H,6,18-20H2,1-5H3. The molecular formula is C30H35NO8. The van der Waals surface area contributed by atoms with Crippen molar-refractivity contribution in [2.75, 3.05) is 41.6 Å². The van der Waals surface area contributed by atoms with E-state index in [0.717, 1.165) is 16.9 Å². The van der Waals surface area contributed by atoms with E-state index in [-0.39, 0.29) is 25.3 Å². The first kappa shape index (κ1) is 29.3. The molecule has 208 valence electrons. The molecule has 0 aliphatic carbocycles. The van der Waals surface area contributed by atoms with Crippen molar-refractivity contribution in [3.05, 3.63) is 83.4 Å². The van der Waals surface area contributed by atoms with E-state index >= 15 is 0 Å². The van der Waals surface area contributed by atoms with E-state index < -0.39 is 17.5 Å². The topological polar surface area (TPSA) is 102 Å². The third-order valence-electron chi connectivity index (χ3n) is 6.41. The first-order valence-electron chi connectivity index (χ1n) is 12.5. The molecule has 0 saturated carbocycles. The predicted octanol–water partition coefficient (Wildman–Crippen LogP) is 4.52. The fraction of sp³-hybridized carbons (Fsp3) is 0.333. The van der Waals surface area contributed by atoms with Gasteiger partial charge in [0.2, 0.25) is 5.75 Å². The van der Waals surface area contributed by atoms with Crippen molar-refractivity contribution in [2.45, 2.75) is 25.5 Å². The first-order chi connectivity index (χ1) is 18.9. The molecule has 0 saturated heterocycles. The molecule has 0 aliphatic heterocycles. The van der Waals surface area contributed by atoms with E-state index in [1.165, 1.54) is 33.5 Å². The van der Waals surface area contributed by atoms with Gasteiger partial charge in [-0.3, -0.25) is 10.1 Å². The third kappa shape index (κ3) is 7.42. The number of benzene rings is 3. The average Bonchev–Trinajstić information content (AvgIpc) is 3.00. The molecule has 9 nitrogen and oxygen atoms in total. The maximum absolute atomic E-state index is 13.1. The molecule has 1 unspecified atom stereocenters. The summed E-state index contributed by atoms with van der Waals surface area (Å²) in [5, 5.41) is 3.28. The van der Waals surface area contributed by atoms with E-state index in [2.05, 4.69) is 5.32 Å². The lowest BCUT2D eigenvalue weighted by molar-refractivity contribution is -0.144. The summed E-state index contributed by atoms with van der Waals surface area (Å²) in [6.45, 7) is 1.97. The number of hydrogen-bond donors (Lipinski definition) is 1. The lowest BCUT2D eigenvalue weighted by atomic mass is 9.88. The number of methoxy groups -OCH3 is 4. The number of hydrogen-bond acceptors (Lipinski definition) is 9. The van der Waals surface area contributed by atoms with E-state index in [4.69, 9.17) is 28.4 Å². The highest BCUT2D eigenvalue weighted by Gasteiger charge is 2.33. The van der Waals surface area contributed by atoms with Crippen LogP contribution in [0.2, 0.25) is 0 Å². The van der Waals surface area contributed by atoms with Gasteiger partial charge in [0.05, 0.1) is 46.1 Å². The van der Waals surface area contributed by atoms with Crippen molar-refractivity contribution >= 4 is 11.9 Å². The van der Waals surface area contributed by atoms with Gasteiger partial charge < -0.3 is 28.4 Å². The average molecular weight is 538 g/mol. The molecule has 3 aromatic rings. The van der Waals surface area contributed by atoms with Crippen LogP contribution in [-0.2, 0) is 26.4 Å². The largest absolute Gasteiger partial charge is 0.497 e. The summed E-state index contributed by atoms with van der Waals surface area (Å²) >= 11 is 0. The minimum absolute atomic E-state index is 0.0330. The highest BCUT2D eigenvalue weighted by molar-refractivity contribution is 5.91. The van der Waals surface area contributed by atoms with Gasteiger partial charge in [-0.25, -0.2) is 4.79 Å². The summed E-state index contributed by atoms with van der Waals surface area (Å²) in [7, 11) is 6.03. The summed E-state index contributed by atoms with van der Waals surface area (Å²) in [5.74, 6) is 0.766. The lowest BCUT2D eigenvalue weighted by Gasteiger charge is -2.34. The zero-order valence-electron chi connectivity index (χ0n) is 22.9. The van der Waals surface area contributed by atoms with Gasteiger partial charge in [0.1, 0.15) is 19.0 Å². The molecule has 1 N–H and O–H groups in total. The molecule has 1 atom stereocenters. The second-order valence-corrected chi connectivity index (χ2v) is 8.65. The normalized spacial score (nSPS) is 12.1. The highest BCUT2D eigenvalue weighted by Crippen LogP contribution is 2.38. The van der Waals surface area contributed by atoms with Crippen LogP contribution < -0.4 is 24.3 Å². The predicted molar refractivity (Wildman–Crippen MR) is 146 cm³/mol. The Hall–Kier alpha value is -4.24. The van der Waals surface area contributed by atoms with Crippen LogP contribution in [-0.4, -0.2) is 53.5 Å². The van der Waals surface area contributed by atoms with Crippen LogP contribution in [0.15, 0.2) is 66.7 Å². The Bertz CT molecular complexity index is 1200. The van der Waals surface area contributed by atoms with E-state index in [1.807, 2.05) is 49.4 Å². The minimum atomic E-state index is -0.837. The van der Waals surface area contributed by atoms with Crippen LogP contribution in [0.5, 0.6) is 23.0 Å². The van der Waals surface area contributed by atoms with Crippen molar-refractivity contribution in [1.82, 2.24) is 5.32 Å². The third-order valence-corrected chi connectivity index (χ3v) is 6.41. The Morgan fingerprint density at radius 1 is 0.795 bits per heavy atom. The van der Waals surface area contributed by atoms with Crippen LogP contribution in [0.4, 0.5) is 0 Å². The number of carbonyl (C=O) groups is 2. The molecule has 0 heterocycles. The fourth-order valence-corrected chi connectivity index (χ4v) is 4.07. The second kappa shape index (κ2) is 14.1. The molecule has 0 amide bonds. The number of nitrogens with one attached hydrogen (secondary N) is 1. The smallest absolute Gasteiger partial charge is 0.338 e. The van der Waals surface area contributed by atoms with Gasteiger partial charge in [0.15, 0.2) is 11.5 Å². The summed E-state index contributed by atoms with van der Waals surface area (Å²) in [6, 6.07) is 19.9. The maximum Gasteiger partial charge on any atom is 0.338 e. The zero-order chi connectivity index (χ0) is 28.3. The Balaban J connectivity index is 1.73. The molecule has 39 heavy (non-hydrogen) atoms. The number of esters is 2. The Morgan fingerprint density at radius 3 is 1.97 bits per heavy atom.